The van der Waals surface area contributed by atoms with E-state index in [1.165, 1.54) is 6.92 Å². The third-order valence-electron chi connectivity index (χ3n) is 4.47. The average Bonchev–Trinajstić information content (AvgIpc) is 3.00. The Hall–Kier alpha value is -1.42. The summed E-state index contributed by atoms with van der Waals surface area (Å²) in [6.45, 7) is 1.41. The number of carbonyl (C=O) groups excluding carboxylic acids is 1. The standard InChI is InChI=1S/C15H16O3S/c1-11(16)15(10-12-7-8-13(15)9-12)19(17,18)14-5-3-2-4-6-14/h2-8,12-13H,9-10H2,1H3/t12-,13+,15+/m0/s1. The van der Waals surface area contributed by atoms with Crippen LogP contribution in [-0.2, 0) is 14.6 Å². The van der Waals surface area contributed by atoms with Gasteiger partial charge in [-0.25, -0.2) is 8.42 Å². The highest BCUT2D eigenvalue weighted by Crippen LogP contribution is 2.52. The Morgan fingerprint density at radius 1 is 1.21 bits per heavy atom. The number of ketones is 1. The summed E-state index contributed by atoms with van der Waals surface area (Å²) in [5.41, 5.74) is 0. The van der Waals surface area contributed by atoms with E-state index in [1.54, 1.807) is 30.3 Å². The maximum absolute atomic E-state index is 12.9. The molecule has 4 heteroatoms. The van der Waals surface area contributed by atoms with Crippen LogP contribution in [0.25, 0.3) is 0 Å². The van der Waals surface area contributed by atoms with Crippen molar-refractivity contribution in [1.29, 1.82) is 0 Å². The van der Waals surface area contributed by atoms with Crippen molar-refractivity contribution < 1.29 is 13.2 Å². The van der Waals surface area contributed by atoms with Gasteiger partial charge in [0.2, 0.25) is 0 Å². The summed E-state index contributed by atoms with van der Waals surface area (Å²) in [4.78, 5) is 12.4. The van der Waals surface area contributed by atoms with Crippen molar-refractivity contribution in [2.75, 3.05) is 0 Å². The summed E-state index contributed by atoms with van der Waals surface area (Å²) >= 11 is 0. The number of sulfone groups is 1. The second-order valence-electron chi connectivity index (χ2n) is 5.45. The molecule has 0 saturated heterocycles. The lowest BCUT2D eigenvalue weighted by molar-refractivity contribution is -0.120. The summed E-state index contributed by atoms with van der Waals surface area (Å²) in [7, 11) is -3.63. The van der Waals surface area contributed by atoms with Crippen LogP contribution < -0.4 is 0 Å². The summed E-state index contributed by atoms with van der Waals surface area (Å²) in [6, 6.07) is 8.33. The van der Waals surface area contributed by atoms with E-state index in [1.807, 2.05) is 12.2 Å². The van der Waals surface area contributed by atoms with Gasteiger partial charge in [0, 0.05) is 5.92 Å². The predicted octanol–water partition coefficient (Wildman–Crippen LogP) is 2.38. The lowest BCUT2D eigenvalue weighted by atomic mass is 9.89. The molecule has 1 saturated carbocycles. The first-order valence-electron chi connectivity index (χ1n) is 6.47. The topological polar surface area (TPSA) is 51.2 Å². The molecule has 2 bridgehead atoms. The van der Waals surface area contributed by atoms with Gasteiger partial charge in [-0.2, -0.15) is 0 Å². The maximum atomic E-state index is 12.9. The molecule has 0 aromatic heterocycles. The minimum atomic E-state index is -3.63. The van der Waals surface area contributed by atoms with Gasteiger partial charge in [0.15, 0.2) is 15.6 Å². The first kappa shape index (κ1) is 12.6. The Kier molecular flexibility index (Phi) is 2.68. The highest BCUT2D eigenvalue weighted by molar-refractivity contribution is 7.93. The van der Waals surface area contributed by atoms with E-state index in [4.69, 9.17) is 0 Å². The molecule has 0 radical (unpaired) electrons. The molecule has 1 aromatic rings. The molecule has 0 aliphatic heterocycles. The van der Waals surface area contributed by atoms with Crippen molar-refractivity contribution in [3.8, 4) is 0 Å². The van der Waals surface area contributed by atoms with Gasteiger partial charge in [-0.15, -0.1) is 0 Å². The molecule has 2 aliphatic carbocycles. The van der Waals surface area contributed by atoms with E-state index in [0.29, 0.717) is 6.42 Å². The Bertz CT molecular complexity index is 645. The van der Waals surface area contributed by atoms with E-state index < -0.39 is 14.6 Å². The van der Waals surface area contributed by atoms with Crippen LogP contribution in [0.4, 0.5) is 0 Å². The number of Topliss-reactive ketones (excluding diaryl/α,β-unsaturated/α-hetero) is 1. The molecule has 1 fully saturated rings. The number of benzene rings is 1. The number of hydrogen-bond acceptors (Lipinski definition) is 3. The largest absolute Gasteiger partial charge is 0.298 e. The van der Waals surface area contributed by atoms with E-state index >= 15 is 0 Å². The van der Waals surface area contributed by atoms with Crippen LogP contribution in [0.2, 0.25) is 0 Å². The molecule has 0 heterocycles. The fraction of sp³-hybridized carbons (Fsp3) is 0.400. The fourth-order valence-electron chi connectivity index (χ4n) is 3.53. The number of carbonyl (C=O) groups is 1. The van der Waals surface area contributed by atoms with Gasteiger partial charge in [-0.3, -0.25) is 4.79 Å². The molecule has 0 spiro atoms. The molecule has 3 nitrogen and oxygen atoms in total. The van der Waals surface area contributed by atoms with Crippen LogP contribution in [0.15, 0.2) is 47.4 Å². The van der Waals surface area contributed by atoms with Crippen molar-refractivity contribution >= 4 is 15.6 Å². The van der Waals surface area contributed by atoms with Crippen LogP contribution in [0.5, 0.6) is 0 Å². The molecular weight excluding hydrogens is 260 g/mol. The summed E-state index contributed by atoms with van der Waals surface area (Å²) in [5.74, 6) is -0.166. The molecule has 3 rings (SSSR count). The van der Waals surface area contributed by atoms with Crippen molar-refractivity contribution in [1.82, 2.24) is 0 Å². The van der Waals surface area contributed by atoms with Crippen LogP contribution in [0.3, 0.4) is 0 Å². The van der Waals surface area contributed by atoms with Gasteiger partial charge in [-0.05, 0) is 37.8 Å². The zero-order chi connectivity index (χ0) is 13.7. The van der Waals surface area contributed by atoms with E-state index in [-0.39, 0.29) is 22.5 Å². The lowest BCUT2D eigenvalue weighted by Crippen LogP contribution is -2.48. The minimum absolute atomic E-state index is 0.166. The second kappa shape index (κ2) is 4.04. The van der Waals surface area contributed by atoms with E-state index in [9.17, 15) is 13.2 Å². The van der Waals surface area contributed by atoms with Crippen LogP contribution in [0.1, 0.15) is 19.8 Å². The smallest absolute Gasteiger partial charge is 0.191 e. The summed E-state index contributed by atoms with van der Waals surface area (Å²) < 4.78 is 24.6. The second-order valence-corrected chi connectivity index (χ2v) is 7.66. The van der Waals surface area contributed by atoms with Crippen molar-refractivity contribution in [2.24, 2.45) is 11.8 Å². The van der Waals surface area contributed by atoms with Crippen molar-refractivity contribution in [3.05, 3.63) is 42.5 Å². The number of rotatable bonds is 3. The van der Waals surface area contributed by atoms with Gasteiger partial charge in [0.05, 0.1) is 4.90 Å². The van der Waals surface area contributed by atoms with Gasteiger partial charge < -0.3 is 0 Å². The third kappa shape index (κ3) is 1.56. The molecular formula is C15H16O3S. The van der Waals surface area contributed by atoms with E-state index in [2.05, 4.69) is 0 Å². The van der Waals surface area contributed by atoms with Crippen LogP contribution >= 0.6 is 0 Å². The molecule has 0 N–H and O–H groups in total. The van der Waals surface area contributed by atoms with Gasteiger partial charge in [-0.1, -0.05) is 30.4 Å². The summed E-state index contributed by atoms with van der Waals surface area (Å²) in [5, 5.41) is 0. The Morgan fingerprint density at radius 2 is 1.89 bits per heavy atom. The van der Waals surface area contributed by atoms with Gasteiger partial charge >= 0.3 is 0 Å². The molecule has 19 heavy (non-hydrogen) atoms. The lowest BCUT2D eigenvalue weighted by Gasteiger charge is -2.32. The Labute approximate surface area is 113 Å². The maximum Gasteiger partial charge on any atom is 0.191 e. The van der Waals surface area contributed by atoms with Gasteiger partial charge in [0.1, 0.15) is 4.75 Å². The normalized spacial score (nSPS) is 32.7. The number of allylic oxidation sites excluding steroid dienone is 2. The molecule has 1 aromatic carbocycles. The fourth-order valence-corrected chi connectivity index (χ4v) is 5.85. The van der Waals surface area contributed by atoms with Crippen LogP contribution in [0, 0.1) is 11.8 Å². The Balaban J connectivity index is 2.18. The highest BCUT2D eigenvalue weighted by Gasteiger charge is 2.60. The number of hydrogen-bond donors (Lipinski definition) is 0. The van der Waals surface area contributed by atoms with Crippen molar-refractivity contribution in [2.45, 2.75) is 29.4 Å². The first-order valence-corrected chi connectivity index (χ1v) is 7.96. The first-order chi connectivity index (χ1) is 8.98. The average molecular weight is 276 g/mol. The van der Waals surface area contributed by atoms with E-state index in [0.717, 1.165) is 6.42 Å². The zero-order valence-corrected chi connectivity index (χ0v) is 11.6. The SMILES string of the molecule is CC(=O)[C@]1(S(=O)(=O)c2ccccc2)C[C@H]2C=C[C@@H]1C2. The molecule has 2 aliphatic rings. The number of fused-ring (bicyclic) bond motifs is 2. The zero-order valence-electron chi connectivity index (χ0n) is 10.7. The molecule has 0 amide bonds. The summed E-state index contributed by atoms with van der Waals surface area (Å²) in [6.07, 6.45) is 5.18. The monoisotopic (exact) mass is 276 g/mol. The molecule has 0 unspecified atom stereocenters. The van der Waals surface area contributed by atoms with Gasteiger partial charge in [0.25, 0.3) is 0 Å². The minimum Gasteiger partial charge on any atom is -0.298 e. The van der Waals surface area contributed by atoms with Crippen LogP contribution in [-0.4, -0.2) is 18.9 Å². The van der Waals surface area contributed by atoms with Crippen molar-refractivity contribution in [3.63, 3.8) is 0 Å². The highest BCUT2D eigenvalue weighted by atomic mass is 32.2. The molecule has 100 valence electrons. The predicted molar refractivity (Wildman–Crippen MR) is 72.4 cm³/mol. The Morgan fingerprint density at radius 3 is 2.37 bits per heavy atom. The molecule has 3 atom stereocenters. The quantitative estimate of drug-likeness (QED) is 0.796. The third-order valence-corrected chi connectivity index (χ3v) is 7.07.